The van der Waals surface area contributed by atoms with Crippen LogP contribution in [0.3, 0.4) is 0 Å². The molecule has 2 aromatic carbocycles. The van der Waals surface area contributed by atoms with E-state index in [9.17, 15) is 14.4 Å². The lowest BCUT2D eigenvalue weighted by Crippen LogP contribution is -2.55. The second kappa shape index (κ2) is 5.92. The first-order chi connectivity index (χ1) is 11.1. The van der Waals surface area contributed by atoms with E-state index < -0.39 is 23.8 Å². The molecular formula is C17H14N2O4. The third kappa shape index (κ3) is 2.91. The molecule has 1 heterocycles. The van der Waals surface area contributed by atoms with Crippen LogP contribution in [-0.2, 0) is 9.59 Å². The van der Waals surface area contributed by atoms with E-state index in [1.807, 2.05) is 30.3 Å². The number of hydrogen-bond donors (Lipinski definition) is 1. The molecule has 116 valence electrons. The second-order valence-corrected chi connectivity index (χ2v) is 5.11. The summed E-state index contributed by atoms with van der Waals surface area (Å²) in [7, 11) is 1.34. The van der Waals surface area contributed by atoms with Gasteiger partial charge in [0.05, 0.1) is 0 Å². The van der Waals surface area contributed by atoms with Gasteiger partial charge in [-0.2, -0.15) is 0 Å². The van der Waals surface area contributed by atoms with E-state index in [1.54, 1.807) is 24.3 Å². The van der Waals surface area contributed by atoms with Crippen molar-refractivity contribution in [3.8, 4) is 11.5 Å². The van der Waals surface area contributed by atoms with Crippen molar-refractivity contribution in [3.63, 3.8) is 0 Å². The normalized spacial score (nSPS) is 17.9. The molecule has 0 bridgehead atoms. The molecule has 1 aliphatic rings. The van der Waals surface area contributed by atoms with E-state index in [1.165, 1.54) is 7.05 Å². The molecule has 4 amide bonds. The van der Waals surface area contributed by atoms with Crippen LogP contribution in [0.4, 0.5) is 4.79 Å². The summed E-state index contributed by atoms with van der Waals surface area (Å²) >= 11 is 0. The number of rotatable bonds is 3. The lowest BCUT2D eigenvalue weighted by Gasteiger charge is -2.27. The van der Waals surface area contributed by atoms with Gasteiger partial charge in [-0.3, -0.25) is 19.8 Å². The monoisotopic (exact) mass is 310 g/mol. The predicted molar refractivity (Wildman–Crippen MR) is 82.0 cm³/mol. The summed E-state index contributed by atoms with van der Waals surface area (Å²) in [6.07, 6.45) is 0. The molecule has 3 rings (SSSR count). The number of benzene rings is 2. The van der Waals surface area contributed by atoms with Crippen LogP contribution < -0.4 is 10.1 Å². The van der Waals surface area contributed by atoms with Crippen molar-refractivity contribution < 1.29 is 19.1 Å². The van der Waals surface area contributed by atoms with Crippen molar-refractivity contribution in [2.75, 3.05) is 7.05 Å². The number of imide groups is 2. The molecule has 2 aromatic rings. The topological polar surface area (TPSA) is 75.7 Å². The number of likely N-dealkylation sites (N-methyl/N-ethyl adjacent to an activating group) is 1. The van der Waals surface area contributed by atoms with Crippen molar-refractivity contribution in [1.29, 1.82) is 0 Å². The van der Waals surface area contributed by atoms with Gasteiger partial charge in [-0.15, -0.1) is 0 Å². The largest absolute Gasteiger partial charge is 0.457 e. The zero-order valence-corrected chi connectivity index (χ0v) is 12.4. The molecule has 0 saturated carbocycles. The van der Waals surface area contributed by atoms with Crippen LogP contribution in [0.25, 0.3) is 0 Å². The average Bonchev–Trinajstić information content (AvgIpc) is 2.55. The van der Waals surface area contributed by atoms with E-state index >= 15 is 0 Å². The molecule has 1 fully saturated rings. The van der Waals surface area contributed by atoms with Crippen molar-refractivity contribution in [1.82, 2.24) is 10.2 Å². The minimum Gasteiger partial charge on any atom is -0.457 e. The summed E-state index contributed by atoms with van der Waals surface area (Å²) in [6, 6.07) is 15.2. The Labute approximate surface area is 132 Å². The third-order valence-corrected chi connectivity index (χ3v) is 3.57. The number of nitrogens with one attached hydrogen (secondary N) is 1. The summed E-state index contributed by atoms with van der Waals surface area (Å²) in [5.41, 5.74) is 0.507. The first-order valence-corrected chi connectivity index (χ1v) is 7.01. The molecule has 0 aromatic heterocycles. The van der Waals surface area contributed by atoms with E-state index in [2.05, 4.69) is 5.32 Å². The Hall–Kier alpha value is -3.15. The van der Waals surface area contributed by atoms with Crippen LogP contribution in [0.2, 0.25) is 0 Å². The Balaban J connectivity index is 1.80. The highest BCUT2D eigenvalue weighted by Gasteiger charge is 2.39. The summed E-state index contributed by atoms with van der Waals surface area (Å²) < 4.78 is 5.66. The molecule has 23 heavy (non-hydrogen) atoms. The smallest absolute Gasteiger partial charge is 0.330 e. The molecule has 1 saturated heterocycles. The molecule has 0 spiro atoms. The highest BCUT2D eigenvalue weighted by atomic mass is 16.5. The lowest BCUT2D eigenvalue weighted by atomic mass is 9.95. The lowest BCUT2D eigenvalue weighted by molar-refractivity contribution is -0.137. The van der Waals surface area contributed by atoms with Crippen LogP contribution >= 0.6 is 0 Å². The zero-order valence-electron chi connectivity index (χ0n) is 12.4. The number of hydrogen-bond acceptors (Lipinski definition) is 4. The number of para-hydroxylation sites is 1. The molecule has 1 atom stereocenters. The number of urea groups is 1. The number of nitrogens with zero attached hydrogens (tertiary/aromatic N) is 1. The van der Waals surface area contributed by atoms with E-state index in [0.29, 0.717) is 17.1 Å². The van der Waals surface area contributed by atoms with Gasteiger partial charge in [0.1, 0.15) is 17.4 Å². The van der Waals surface area contributed by atoms with Crippen LogP contribution in [0.1, 0.15) is 11.5 Å². The van der Waals surface area contributed by atoms with Gasteiger partial charge in [-0.1, -0.05) is 30.3 Å². The molecular weight excluding hydrogens is 296 g/mol. The Bertz CT molecular complexity index is 756. The maximum atomic E-state index is 12.1. The number of ether oxygens (including phenoxy) is 1. The fourth-order valence-electron chi connectivity index (χ4n) is 2.31. The molecule has 6 heteroatoms. The number of carbonyl (C=O) groups is 3. The van der Waals surface area contributed by atoms with Gasteiger partial charge < -0.3 is 4.74 Å². The maximum absolute atomic E-state index is 12.1. The van der Waals surface area contributed by atoms with Gasteiger partial charge in [-0.05, 0) is 29.8 Å². The number of carbonyl (C=O) groups excluding carboxylic acids is 3. The van der Waals surface area contributed by atoms with E-state index in [-0.39, 0.29) is 0 Å². The Morgan fingerprint density at radius 2 is 1.52 bits per heavy atom. The van der Waals surface area contributed by atoms with Gasteiger partial charge in [0.15, 0.2) is 0 Å². The molecule has 0 radical (unpaired) electrons. The van der Waals surface area contributed by atoms with Crippen molar-refractivity contribution >= 4 is 17.8 Å². The molecule has 6 nitrogen and oxygen atoms in total. The Morgan fingerprint density at radius 3 is 2.17 bits per heavy atom. The van der Waals surface area contributed by atoms with Gasteiger partial charge >= 0.3 is 6.03 Å². The van der Waals surface area contributed by atoms with Gasteiger partial charge in [0.25, 0.3) is 0 Å². The third-order valence-electron chi connectivity index (χ3n) is 3.57. The predicted octanol–water partition coefficient (Wildman–Crippen LogP) is 2.27. The summed E-state index contributed by atoms with van der Waals surface area (Å²) in [4.78, 5) is 36.4. The van der Waals surface area contributed by atoms with Crippen molar-refractivity contribution in [2.24, 2.45) is 0 Å². The fraction of sp³-hybridized carbons (Fsp3) is 0.118. The van der Waals surface area contributed by atoms with Crippen LogP contribution in [0, 0.1) is 0 Å². The summed E-state index contributed by atoms with van der Waals surface area (Å²) in [5.74, 6) is -0.904. The highest BCUT2D eigenvalue weighted by molar-refractivity contribution is 6.19. The minimum atomic E-state index is -1.02. The van der Waals surface area contributed by atoms with Crippen LogP contribution in [0.5, 0.6) is 11.5 Å². The summed E-state index contributed by atoms with van der Waals surface area (Å²) in [6.45, 7) is 0. The van der Waals surface area contributed by atoms with Gasteiger partial charge in [0.2, 0.25) is 11.8 Å². The molecule has 1 aliphatic heterocycles. The zero-order chi connectivity index (χ0) is 16.4. The molecule has 1 unspecified atom stereocenters. The fourth-order valence-corrected chi connectivity index (χ4v) is 2.31. The van der Waals surface area contributed by atoms with Crippen LogP contribution in [0.15, 0.2) is 54.6 Å². The number of amides is 4. The van der Waals surface area contributed by atoms with Crippen molar-refractivity contribution in [3.05, 3.63) is 60.2 Å². The van der Waals surface area contributed by atoms with Gasteiger partial charge in [0, 0.05) is 7.05 Å². The standard InChI is InChI=1S/C17H14N2O4/c1-19-16(21)14(15(20)18-17(19)22)11-7-9-13(10-8-11)23-12-5-3-2-4-6-12/h2-10,14H,1H3,(H,18,20,22). The van der Waals surface area contributed by atoms with Crippen LogP contribution in [-0.4, -0.2) is 29.8 Å². The quantitative estimate of drug-likeness (QED) is 0.882. The Morgan fingerprint density at radius 1 is 0.913 bits per heavy atom. The Kier molecular flexibility index (Phi) is 3.80. The SMILES string of the molecule is CN1C(=O)NC(=O)C(c2ccc(Oc3ccccc3)cc2)C1=O. The second-order valence-electron chi connectivity index (χ2n) is 5.11. The van der Waals surface area contributed by atoms with E-state index in [4.69, 9.17) is 4.74 Å². The molecule has 0 aliphatic carbocycles. The molecule has 1 N–H and O–H groups in total. The highest BCUT2D eigenvalue weighted by Crippen LogP contribution is 2.26. The van der Waals surface area contributed by atoms with Gasteiger partial charge in [-0.25, -0.2) is 4.79 Å². The van der Waals surface area contributed by atoms with E-state index in [0.717, 1.165) is 4.90 Å². The van der Waals surface area contributed by atoms with Crippen molar-refractivity contribution in [2.45, 2.75) is 5.92 Å². The number of barbiturate groups is 1. The average molecular weight is 310 g/mol. The maximum Gasteiger partial charge on any atom is 0.330 e. The first-order valence-electron chi connectivity index (χ1n) is 7.01. The first kappa shape index (κ1) is 14.8. The minimum absolute atomic E-state index is 0.507. The summed E-state index contributed by atoms with van der Waals surface area (Å²) in [5, 5.41) is 2.16.